The summed E-state index contributed by atoms with van der Waals surface area (Å²) in [6.07, 6.45) is 0. The van der Waals surface area contributed by atoms with Crippen molar-refractivity contribution in [2.45, 2.75) is 32.3 Å². The van der Waals surface area contributed by atoms with Crippen LogP contribution in [0, 0.1) is 20.8 Å². The van der Waals surface area contributed by atoms with Crippen molar-refractivity contribution >= 4 is 31.6 Å². The number of halogens is 1. The van der Waals surface area contributed by atoms with E-state index in [1.165, 1.54) is 0 Å². The lowest BCUT2D eigenvalue weighted by molar-refractivity contribution is 0.276. The Labute approximate surface area is 132 Å². The number of aliphatic hydroxyl groups excluding tert-OH is 1. The summed E-state index contributed by atoms with van der Waals surface area (Å²) in [6, 6.07) is 5.18. The normalized spacial score (nSPS) is 11.7. The minimum Gasteiger partial charge on any atom is -0.465 e. The minimum atomic E-state index is -3.82. The van der Waals surface area contributed by atoms with E-state index in [1.807, 2.05) is 13.0 Å². The van der Waals surface area contributed by atoms with Crippen LogP contribution in [0.15, 0.2) is 32.0 Å². The molecule has 2 N–H and O–H groups in total. The lowest BCUT2D eigenvalue weighted by Crippen LogP contribution is -2.15. The first-order valence-electron chi connectivity index (χ1n) is 6.25. The summed E-state index contributed by atoms with van der Waals surface area (Å²) in [7, 11) is -3.82. The third-order valence-corrected chi connectivity index (χ3v) is 5.61. The second kappa shape index (κ2) is 5.82. The van der Waals surface area contributed by atoms with E-state index in [1.54, 1.807) is 26.0 Å². The van der Waals surface area contributed by atoms with Gasteiger partial charge in [0.1, 0.15) is 16.4 Å². The van der Waals surface area contributed by atoms with Crippen LogP contribution < -0.4 is 4.72 Å². The van der Waals surface area contributed by atoms with E-state index in [0.717, 1.165) is 10.0 Å². The molecule has 2 aromatic rings. The maximum Gasteiger partial charge on any atom is 0.265 e. The van der Waals surface area contributed by atoms with Gasteiger partial charge in [-0.15, -0.1) is 0 Å². The number of hydrogen-bond donors (Lipinski definition) is 2. The fourth-order valence-electron chi connectivity index (χ4n) is 2.11. The van der Waals surface area contributed by atoms with Crippen LogP contribution in [-0.4, -0.2) is 13.5 Å². The first-order chi connectivity index (χ1) is 9.76. The first kappa shape index (κ1) is 16.1. The number of sulfonamides is 1. The molecule has 0 aliphatic heterocycles. The van der Waals surface area contributed by atoms with E-state index in [0.29, 0.717) is 11.4 Å². The molecule has 0 aliphatic rings. The van der Waals surface area contributed by atoms with Gasteiger partial charge in [0, 0.05) is 15.7 Å². The number of aliphatic hydroxyl groups is 1. The van der Waals surface area contributed by atoms with Gasteiger partial charge in [0.2, 0.25) is 0 Å². The van der Waals surface area contributed by atoms with E-state index >= 15 is 0 Å². The number of furan rings is 1. The Morgan fingerprint density at radius 2 is 1.90 bits per heavy atom. The minimum absolute atomic E-state index is 0.000743. The predicted octanol–water partition coefficient (Wildman–Crippen LogP) is 3.26. The van der Waals surface area contributed by atoms with Gasteiger partial charge < -0.3 is 9.52 Å². The first-order valence-corrected chi connectivity index (χ1v) is 8.52. The number of hydrogen-bond acceptors (Lipinski definition) is 4. The Morgan fingerprint density at radius 1 is 1.24 bits per heavy atom. The van der Waals surface area contributed by atoms with Crippen LogP contribution in [0.4, 0.5) is 5.69 Å². The monoisotopic (exact) mass is 373 g/mol. The zero-order chi connectivity index (χ0) is 15.8. The van der Waals surface area contributed by atoms with Crippen LogP contribution in [0.5, 0.6) is 0 Å². The summed E-state index contributed by atoms with van der Waals surface area (Å²) in [5.74, 6) is 0.663. The highest BCUT2D eigenvalue weighted by Crippen LogP contribution is 2.29. The highest BCUT2D eigenvalue weighted by molar-refractivity contribution is 9.10. The van der Waals surface area contributed by atoms with Crippen molar-refractivity contribution in [1.82, 2.24) is 0 Å². The average molecular weight is 374 g/mol. The van der Waals surface area contributed by atoms with Crippen molar-refractivity contribution in [1.29, 1.82) is 0 Å². The molecular formula is C14H16BrNO4S. The van der Waals surface area contributed by atoms with Crippen LogP contribution in [0.2, 0.25) is 0 Å². The molecule has 0 saturated carbocycles. The number of nitrogens with one attached hydrogen (secondary N) is 1. The Morgan fingerprint density at radius 3 is 2.48 bits per heavy atom. The zero-order valence-electron chi connectivity index (χ0n) is 11.9. The van der Waals surface area contributed by atoms with Gasteiger partial charge in [-0.25, -0.2) is 8.42 Å². The molecule has 0 atom stereocenters. The van der Waals surface area contributed by atoms with Crippen LogP contribution in [0.3, 0.4) is 0 Å². The quantitative estimate of drug-likeness (QED) is 0.861. The van der Waals surface area contributed by atoms with Gasteiger partial charge in [0.15, 0.2) is 0 Å². The van der Waals surface area contributed by atoms with Gasteiger partial charge in [0.25, 0.3) is 10.0 Å². The van der Waals surface area contributed by atoms with Crippen molar-refractivity contribution in [2.24, 2.45) is 0 Å². The van der Waals surface area contributed by atoms with Crippen LogP contribution in [0.1, 0.15) is 22.6 Å². The highest BCUT2D eigenvalue weighted by atomic mass is 79.9. The lowest BCUT2D eigenvalue weighted by Gasteiger charge is -2.10. The maximum atomic E-state index is 12.5. The zero-order valence-corrected chi connectivity index (χ0v) is 14.3. The fraction of sp³-hybridized carbons (Fsp3) is 0.286. The van der Waals surface area contributed by atoms with Crippen LogP contribution >= 0.6 is 15.9 Å². The second-order valence-corrected chi connectivity index (χ2v) is 7.22. The average Bonchev–Trinajstić information content (AvgIpc) is 2.68. The molecule has 0 amide bonds. The van der Waals surface area contributed by atoms with Gasteiger partial charge in [-0.2, -0.15) is 0 Å². The molecule has 0 radical (unpaired) electrons. The molecule has 0 spiro atoms. The predicted molar refractivity (Wildman–Crippen MR) is 83.8 cm³/mol. The number of aryl methyl sites for hydroxylation is 3. The van der Waals surface area contributed by atoms with Crippen molar-refractivity contribution in [2.75, 3.05) is 4.72 Å². The molecule has 5 nitrogen and oxygen atoms in total. The summed E-state index contributed by atoms with van der Waals surface area (Å²) in [5, 5.41) is 9.36. The van der Waals surface area contributed by atoms with E-state index < -0.39 is 16.6 Å². The standard InChI is InChI=1S/C14H16BrNO4S/c1-8-4-5-11(6-13(8)15)16-21(18,19)14-10(3)20-9(2)12(14)7-17/h4-6,16-17H,7H2,1-3H3. The van der Waals surface area contributed by atoms with Crippen LogP contribution in [0.25, 0.3) is 0 Å². The Bertz CT molecular complexity index is 781. The number of anilines is 1. The Balaban J connectivity index is 2.45. The Kier molecular flexibility index (Phi) is 4.46. The second-order valence-electron chi connectivity index (χ2n) is 4.75. The molecule has 2 rings (SSSR count). The van der Waals surface area contributed by atoms with Gasteiger partial charge in [-0.1, -0.05) is 22.0 Å². The molecule has 0 aliphatic carbocycles. The van der Waals surface area contributed by atoms with Crippen molar-refractivity contribution in [3.05, 3.63) is 45.3 Å². The van der Waals surface area contributed by atoms with E-state index in [-0.39, 0.29) is 16.2 Å². The summed E-state index contributed by atoms with van der Waals surface area (Å²) < 4.78 is 33.7. The number of rotatable bonds is 4. The van der Waals surface area contributed by atoms with Gasteiger partial charge in [0.05, 0.1) is 6.61 Å². The summed E-state index contributed by atoms with van der Waals surface area (Å²) in [4.78, 5) is -0.000743. The van der Waals surface area contributed by atoms with Crippen molar-refractivity contribution in [3.8, 4) is 0 Å². The molecule has 0 bridgehead atoms. The summed E-state index contributed by atoms with van der Waals surface area (Å²) in [6.45, 7) is 4.71. The third kappa shape index (κ3) is 3.14. The molecule has 0 unspecified atom stereocenters. The topological polar surface area (TPSA) is 79.5 Å². The molecule has 1 heterocycles. The number of benzene rings is 1. The molecule has 0 saturated heterocycles. The van der Waals surface area contributed by atoms with E-state index in [4.69, 9.17) is 4.42 Å². The molecule has 0 fully saturated rings. The van der Waals surface area contributed by atoms with Gasteiger partial charge in [-0.3, -0.25) is 4.72 Å². The van der Waals surface area contributed by atoms with Gasteiger partial charge in [-0.05, 0) is 38.5 Å². The maximum absolute atomic E-state index is 12.5. The molecule has 7 heteroatoms. The summed E-state index contributed by atoms with van der Waals surface area (Å²) in [5.41, 5.74) is 1.73. The third-order valence-electron chi connectivity index (χ3n) is 3.18. The van der Waals surface area contributed by atoms with Crippen LogP contribution in [-0.2, 0) is 16.6 Å². The molecule has 21 heavy (non-hydrogen) atoms. The molecule has 1 aromatic carbocycles. The van der Waals surface area contributed by atoms with E-state index in [2.05, 4.69) is 20.7 Å². The smallest absolute Gasteiger partial charge is 0.265 e. The van der Waals surface area contributed by atoms with Crippen molar-refractivity contribution in [3.63, 3.8) is 0 Å². The molecule has 114 valence electrons. The summed E-state index contributed by atoms with van der Waals surface area (Å²) >= 11 is 3.36. The fourth-order valence-corrected chi connectivity index (χ4v) is 3.98. The lowest BCUT2D eigenvalue weighted by atomic mass is 10.2. The largest absolute Gasteiger partial charge is 0.465 e. The van der Waals surface area contributed by atoms with Crippen molar-refractivity contribution < 1.29 is 17.9 Å². The molecule has 1 aromatic heterocycles. The van der Waals surface area contributed by atoms with E-state index in [9.17, 15) is 13.5 Å². The Hall–Kier alpha value is -1.31. The van der Waals surface area contributed by atoms with Gasteiger partial charge >= 0.3 is 0 Å². The highest BCUT2D eigenvalue weighted by Gasteiger charge is 2.26. The molecular weight excluding hydrogens is 358 g/mol. The SMILES string of the molecule is Cc1ccc(NS(=O)(=O)c2c(C)oc(C)c2CO)cc1Br.